The minimum Gasteiger partial charge on any atom is -0.357 e. The second-order valence-electron chi connectivity index (χ2n) is 4.36. The van der Waals surface area contributed by atoms with Crippen LogP contribution in [0.15, 0.2) is 18.2 Å². The SMILES string of the molecule is CCN(CCCN(C)C)c1cccc(CCl)n1. The third-order valence-corrected chi connectivity index (χ3v) is 2.94. The van der Waals surface area contributed by atoms with Crippen LogP contribution in [0.25, 0.3) is 0 Å². The van der Waals surface area contributed by atoms with Crippen LogP contribution in [-0.2, 0) is 5.88 Å². The molecule has 0 bridgehead atoms. The quantitative estimate of drug-likeness (QED) is 0.699. The fraction of sp³-hybridized carbons (Fsp3) is 0.615. The molecular formula is C13H22ClN3. The molecule has 0 fully saturated rings. The summed E-state index contributed by atoms with van der Waals surface area (Å²) in [7, 11) is 4.20. The summed E-state index contributed by atoms with van der Waals surface area (Å²) in [6, 6.07) is 6.04. The molecule has 96 valence electrons. The van der Waals surface area contributed by atoms with Gasteiger partial charge in [0.05, 0.1) is 11.6 Å². The van der Waals surface area contributed by atoms with E-state index in [0.717, 1.165) is 37.6 Å². The fourth-order valence-corrected chi connectivity index (χ4v) is 1.88. The molecule has 1 aromatic heterocycles. The Morgan fingerprint density at radius 1 is 1.24 bits per heavy atom. The van der Waals surface area contributed by atoms with E-state index in [1.165, 1.54) is 0 Å². The van der Waals surface area contributed by atoms with E-state index < -0.39 is 0 Å². The first-order valence-corrected chi connectivity index (χ1v) is 6.62. The molecule has 17 heavy (non-hydrogen) atoms. The van der Waals surface area contributed by atoms with Crippen LogP contribution in [0.4, 0.5) is 5.82 Å². The summed E-state index contributed by atoms with van der Waals surface area (Å²) in [5.74, 6) is 1.51. The number of alkyl halides is 1. The van der Waals surface area contributed by atoms with Crippen LogP contribution in [0, 0.1) is 0 Å². The number of anilines is 1. The first kappa shape index (κ1) is 14.3. The smallest absolute Gasteiger partial charge is 0.128 e. The topological polar surface area (TPSA) is 19.4 Å². The number of halogens is 1. The molecule has 1 rings (SSSR count). The highest BCUT2D eigenvalue weighted by molar-refractivity contribution is 6.16. The molecule has 0 aliphatic carbocycles. The normalized spacial score (nSPS) is 10.9. The molecule has 0 saturated heterocycles. The second kappa shape index (κ2) is 7.51. The number of nitrogens with zero attached hydrogens (tertiary/aromatic N) is 3. The van der Waals surface area contributed by atoms with Gasteiger partial charge >= 0.3 is 0 Å². The van der Waals surface area contributed by atoms with Gasteiger partial charge in [-0.05, 0) is 46.1 Å². The first-order chi connectivity index (χ1) is 8.17. The van der Waals surface area contributed by atoms with Crippen LogP contribution in [0.2, 0.25) is 0 Å². The Bertz CT molecular complexity index is 328. The van der Waals surface area contributed by atoms with Gasteiger partial charge in [-0.1, -0.05) is 6.07 Å². The maximum Gasteiger partial charge on any atom is 0.128 e. The van der Waals surface area contributed by atoms with E-state index in [-0.39, 0.29) is 0 Å². The maximum atomic E-state index is 5.80. The van der Waals surface area contributed by atoms with Crippen molar-refractivity contribution in [2.45, 2.75) is 19.2 Å². The van der Waals surface area contributed by atoms with E-state index in [2.05, 4.69) is 41.9 Å². The van der Waals surface area contributed by atoms with Crippen molar-refractivity contribution in [2.75, 3.05) is 38.6 Å². The van der Waals surface area contributed by atoms with Crippen molar-refractivity contribution in [1.29, 1.82) is 0 Å². The molecule has 0 N–H and O–H groups in total. The molecule has 0 amide bonds. The van der Waals surface area contributed by atoms with Crippen LogP contribution in [0.3, 0.4) is 0 Å². The Kier molecular flexibility index (Phi) is 6.30. The van der Waals surface area contributed by atoms with Crippen LogP contribution >= 0.6 is 11.6 Å². The van der Waals surface area contributed by atoms with E-state index in [1.807, 2.05) is 12.1 Å². The Morgan fingerprint density at radius 2 is 2.00 bits per heavy atom. The molecule has 0 aromatic carbocycles. The van der Waals surface area contributed by atoms with Gasteiger partial charge in [0.25, 0.3) is 0 Å². The first-order valence-electron chi connectivity index (χ1n) is 6.09. The van der Waals surface area contributed by atoms with Crippen LogP contribution in [0.5, 0.6) is 0 Å². The largest absolute Gasteiger partial charge is 0.357 e. The van der Waals surface area contributed by atoms with Gasteiger partial charge in [0.2, 0.25) is 0 Å². The van der Waals surface area contributed by atoms with Gasteiger partial charge in [0, 0.05) is 13.1 Å². The zero-order chi connectivity index (χ0) is 12.7. The molecule has 0 unspecified atom stereocenters. The Labute approximate surface area is 109 Å². The van der Waals surface area contributed by atoms with E-state index in [1.54, 1.807) is 0 Å². The van der Waals surface area contributed by atoms with Gasteiger partial charge in [-0.25, -0.2) is 4.98 Å². The summed E-state index contributed by atoms with van der Waals surface area (Å²) in [4.78, 5) is 9.04. The molecule has 0 spiro atoms. The summed E-state index contributed by atoms with van der Waals surface area (Å²) >= 11 is 5.80. The van der Waals surface area contributed by atoms with Crippen molar-refractivity contribution in [1.82, 2.24) is 9.88 Å². The third kappa shape index (κ3) is 4.92. The second-order valence-corrected chi connectivity index (χ2v) is 4.62. The summed E-state index contributed by atoms with van der Waals surface area (Å²) in [5, 5.41) is 0. The lowest BCUT2D eigenvalue weighted by Crippen LogP contribution is -2.27. The average molecular weight is 256 g/mol. The van der Waals surface area contributed by atoms with E-state index in [4.69, 9.17) is 11.6 Å². The maximum absolute atomic E-state index is 5.80. The standard InChI is InChI=1S/C13H22ClN3/c1-4-17(10-6-9-16(2)3)13-8-5-7-12(11-14)15-13/h5,7-8H,4,6,9-11H2,1-3H3. The number of pyridine rings is 1. The van der Waals surface area contributed by atoms with Gasteiger partial charge in [-0.15, -0.1) is 11.6 Å². The van der Waals surface area contributed by atoms with Gasteiger partial charge in [-0.3, -0.25) is 0 Å². The van der Waals surface area contributed by atoms with Gasteiger partial charge in [-0.2, -0.15) is 0 Å². The van der Waals surface area contributed by atoms with Gasteiger partial charge < -0.3 is 9.80 Å². The van der Waals surface area contributed by atoms with Crippen molar-refractivity contribution >= 4 is 17.4 Å². The molecule has 4 heteroatoms. The van der Waals surface area contributed by atoms with E-state index in [0.29, 0.717) is 5.88 Å². The molecule has 1 aromatic rings. The van der Waals surface area contributed by atoms with E-state index >= 15 is 0 Å². The van der Waals surface area contributed by atoms with Gasteiger partial charge in [0.15, 0.2) is 0 Å². The molecule has 0 aliphatic rings. The predicted octanol–water partition coefficient (Wildman–Crippen LogP) is 2.60. The van der Waals surface area contributed by atoms with Crippen molar-refractivity contribution in [3.05, 3.63) is 23.9 Å². The minimum atomic E-state index is 0.475. The van der Waals surface area contributed by atoms with Crippen LogP contribution < -0.4 is 4.90 Å². The van der Waals surface area contributed by atoms with Crippen molar-refractivity contribution in [2.24, 2.45) is 0 Å². The molecular weight excluding hydrogens is 234 g/mol. The molecule has 0 aliphatic heterocycles. The van der Waals surface area contributed by atoms with Crippen molar-refractivity contribution in [3.63, 3.8) is 0 Å². The van der Waals surface area contributed by atoms with Crippen LogP contribution in [-0.4, -0.2) is 43.6 Å². The summed E-state index contributed by atoms with van der Waals surface area (Å²) in [5.41, 5.74) is 0.940. The number of hydrogen-bond donors (Lipinski definition) is 0. The number of hydrogen-bond acceptors (Lipinski definition) is 3. The van der Waals surface area contributed by atoms with E-state index in [9.17, 15) is 0 Å². The lowest BCUT2D eigenvalue weighted by Gasteiger charge is -2.23. The Hall–Kier alpha value is -0.800. The van der Waals surface area contributed by atoms with Gasteiger partial charge in [0.1, 0.15) is 5.82 Å². The summed E-state index contributed by atoms with van der Waals surface area (Å²) in [6.45, 7) is 5.27. The molecule has 0 atom stereocenters. The highest BCUT2D eigenvalue weighted by Gasteiger charge is 2.06. The van der Waals surface area contributed by atoms with Crippen molar-refractivity contribution < 1.29 is 0 Å². The molecule has 0 radical (unpaired) electrons. The summed E-state index contributed by atoms with van der Waals surface area (Å²) in [6.07, 6.45) is 1.15. The highest BCUT2D eigenvalue weighted by atomic mass is 35.5. The predicted molar refractivity (Wildman–Crippen MR) is 74.9 cm³/mol. The number of rotatable bonds is 7. The van der Waals surface area contributed by atoms with Crippen molar-refractivity contribution in [3.8, 4) is 0 Å². The van der Waals surface area contributed by atoms with Crippen LogP contribution in [0.1, 0.15) is 19.0 Å². The zero-order valence-corrected chi connectivity index (χ0v) is 11.7. The Morgan fingerprint density at radius 3 is 2.59 bits per heavy atom. The fourth-order valence-electron chi connectivity index (χ4n) is 1.73. The average Bonchev–Trinajstić information content (AvgIpc) is 2.34. The third-order valence-electron chi connectivity index (χ3n) is 2.67. The lowest BCUT2D eigenvalue weighted by molar-refractivity contribution is 0.400. The zero-order valence-electron chi connectivity index (χ0n) is 11.0. The molecule has 3 nitrogen and oxygen atoms in total. The highest BCUT2D eigenvalue weighted by Crippen LogP contribution is 2.12. The lowest BCUT2D eigenvalue weighted by atomic mass is 10.3. The monoisotopic (exact) mass is 255 g/mol. The minimum absolute atomic E-state index is 0.475. The number of aromatic nitrogens is 1. The molecule has 1 heterocycles. The summed E-state index contributed by atoms with van der Waals surface area (Å²) < 4.78 is 0. The molecule has 0 saturated carbocycles. The Balaban J connectivity index is 2.59.